The number of carbonyl (C=O) groups excluding carboxylic acids is 1. The molecule has 0 spiro atoms. The maximum Gasteiger partial charge on any atom is 0.152 e. The molecule has 2 aromatic rings. The van der Waals surface area contributed by atoms with Gasteiger partial charge in [-0.2, -0.15) is 0 Å². The predicted molar refractivity (Wildman–Crippen MR) is 69.6 cm³/mol. The molecule has 3 heteroatoms. The van der Waals surface area contributed by atoms with Gasteiger partial charge in [0.25, 0.3) is 0 Å². The summed E-state index contributed by atoms with van der Waals surface area (Å²) in [5, 5.41) is 1.17. The number of aromatic nitrogens is 1. The third kappa shape index (κ3) is 2.35. The fourth-order valence-corrected chi connectivity index (χ4v) is 2.19. The van der Waals surface area contributed by atoms with Crippen LogP contribution < -0.4 is 0 Å². The molecule has 0 aliphatic rings. The van der Waals surface area contributed by atoms with Crippen LogP contribution in [0, 0.1) is 0 Å². The molecule has 0 atom stereocenters. The Kier molecular flexibility index (Phi) is 3.44. The Morgan fingerprint density at radius 2 is 2.19 bits per heavy atom. The molecule has 0 bridgehead atoms. The van der Waals surface area contributed by atoms with Gasteiger partial charge in [-0.15, -0.1) is 0 Å². The van der Waals surface area contributed by atoms with Crippen LogP contribution in [-0.2, 0) is 11.3 Å². The minimum atomic E-state index is 0.292. The Labute approximate surface area is 103 Å². The van der Waals surface area contributed by atoms with Crippen molar-refractivity contribution in [3.05, 3.63) is 34.9 Å². The number of carbonyl (C=O) groups is 1. The molecule has 1 aromatic carbocycles. The topological polar surface area (TPSA) is 22.0 Å². The first-order chi connectivity index (χ1) is 7.70. The average Bonchev–Trinajstić information content (AvgIpc) is 2.61. The number of hydrogen-bond donors (Lipinski definition) is 0. The van der Waals surface area contributed by atoms with E-state index in [9.17, 15) is 4.79 Å². The van der Waals surface area contributed by atoms with E-state index in [1.54, 1.807) is 0 Å². The lowest BCUT2D eigenvalue weighted by molar-refractivity contribution is -0.119. The Bertz CT molecular complexity index is 516. The Balaban J connectivity index is 2.30. The van der Waals surface area contributed by atoms with Crippen LogP contribution in [0.2, 0.25) is 0 Å². The van der Waals surface area contributed by atoms with Gasteiger partial charge in [0.15, 0.2) is 5.78 Å². The standard InChI is InChI=1S/C13H14BrNO/c1-2-3-12(16)9-15-7-6-10-4-5-11(14)8-13(10)15/h4-8H,2-3,9H2,1H3. The molecule has 0 fully saturated rings. The first-order valence-electron chi connectivity index (χ1n) is 5.47. The van der Waals surface area contributed by atoms with E-state index >= 15 is 0 Å². The normalized spacial score (nSPS) is 10.9. The highest BCUT2D eigenvalue weighted by Gasteiger charge is 2.05. The Morgan fingerprint density at radius 1 is 1.38 bits per heavy atom. The fraction of sp³-hybridized carbons (Fsp3) is 0.308. The van der Waals surface area contributed by atoms with Crippen molar-refractivity contribution >= 4 is 32.6 Å². The van der Waals surface area contributed by atoms with E-state index in [-0.39, 0.29) is 0 Å². The van der Waals surface area contributed by atoms with Crippen molar-refractivity contribution in [2.45, 2.75) is 26.3 Å². The van der Waals surface area contributed by atoms with Gasteiger partial charge in [0, 0.05) is 22.6 Å². The molecule has 16 heavy (non-hydrogen) atoms. The molecule has 0 N–H and O–H groups in total. The largest absolute Gasteiger partial charge is 0.340 e. The van der Waals surface area contributed by atoms with Crippen molar-refractivity contribution in [3.63, 3.8) is 0 Å². The number of nitrogens with zero attached hydrogens (tertiary/aromatic N) is 1. The average molecular weight is 280 g/mol. The zero-order chi connectivity index (χ0) is 11.5. The summed E-state index contributed by atoms with van der Waals surface area (Å²) in [6.45, 7) is 2.51. The van der Waals surface area contributed by atoms with E-state index in [2.05, 4.69) is 28.1 Å². The smallest absolute Gasteiger partial charge is 0.152 e. The van der Waals surface area contributed by atoms with Gasteiger partial charge in [-0.25, -0.2) is 0 Å². The van der Waals surface area contributed by atoms with Crippen molar-refractivity contribution in [1.29, 1.82) is 0 Å². The molecule has 0 aliphatic heterocycles. The number of Topliss-reactive ketones (excluding diaryl/α,β-unsaturated/α-hetero) is 1. The number of halogens is 1. The summed E-state index contributed by atoms with van der Waals surface area (Å²) in [6.07, 6.45) is 3.56. The first kappa shape index (κ1) is 11.4. The van der Waals surface area contributed by atoms with Crippen molar-refractivity contribution in [2.75, 3.05) is 0 Å². The number of benzene rings is 1. The molecule has 0 amide bonds. The van der Waals surface area contributed by atoms with Crippen LogP contribution >= 0.6 is 15.9 Å². The molecule has 0 aliphatic carbocycles. The van der Waals surface area contributed by atoms with Crippen LogP contribution in [0.1, 0.15) is 19.8 Å². The van der Waals surface area contributed by atoms with Crippen LogP contribution in [0.25, 0.3) is 10.9 Å². The van der Waals surface area contributed by atoms with Gasteiger partial charge in [0.1, 0.15) is 0 Å². The molecule has 1 aromatic heterocycles. The van der Waals surface area contributed by atoms with Gasteiger partial charge < -0.3 is 4.57 Å². The van der Waals surface area contributed by atoms with E-state index in [1.165, 1.54) is 5.39 Å². The Hall–Kier alpha value is -1.09. The summed E-state index contributed by atoms with van der Waals surface area (Å²) >= 11 is 3.45. The van der Waals surface area contributed by atoms with Gasteiger partial charge >= 0.3 is 0 Å². The maximum atomic E-state index is 11.6. The van der Waals surface area contributed by atoms with Crippen LogP contribution in [0.3, 0.4) is 0 Å². The SMILES string of the molecule is CCCC(=O)Cn1ccc2ccc(Br)cc21. The van der Waals surface area contributed by atoms with Crippen molar-refractivity contribution < 1.29 is 4.79 Å². The third-order valence-electron chi connectivity index (χ3n) is 2.61. The second-order valence-electron chi connectivity index (χ2n) is 3.94. The van der Waals surface area contributed by atoms with E-state index in [4.69, 9.17) is 0 Å². The van der Waals surface area contributed by atoms with Gasteiger partial charge in [0.05, 0.1) is 6.54 Å². The molecule has 2 rings (SSSR count). The highest BCUT2D eigenvalue weighted by Crippen LogP contribution is 2.21. The quantitative estimate of drug-likeness (QED) is 0.835. The monoisotopic (exact) mass is 279 g/mol. The van der Waals surface area contributed by atoms with Crippen molar-refractivity contribution in [3.8, 4) is 0 Å². The van der Waals surface area contributed by atoms with E-state index < -0.39 is 0 Å². The summed E-state index contributed by atoms with van der Waals surface area (Å²) in [6, 6.07) is 8.16. The predicted octanol–water partition coefficient (Wildman–Crippen LogP) is 3.77. The van der Waals surface area contributed by atoms with Gasteiger partial charge in [-0.1, -0.05) is 28.9 Å². The summed E-state index contributed by atoms with van der Waals surface area (Å²) in [4.78, 5) is 11.6. The first-order valence-corrected chi connectivity index (χ1v) is 6.26. The number of hydrogen-bond acceptors (Lipinski definition) is 1. The highest BCUT2D eigenvalue weighted by molar-refractivity contribution is 9.10. The van der Waals surface area contributed by atoms with Crippen LogP contribution in [0.5, 0.6) is 0 Å². The molecule has 0 saturated heterocycles. The van der Waals surface area contributed by atoms with E-state index in [0.717, 1.165) is 16.4 Å². The number of rotatable bonds is 4. The van der Waals surface area contributed by atoms with Gasteiger partial charge in [0.2, 0.25) is 0 Å². The number of fused-ring (bicyclic) bond motifs is 1. The zero-order valence-electron chi connectivity index (χ0n) is 9.24. The van der Waals surface area contributed by atoms with Crippen LogP contribution in [-0.4, -0.2) is 10.4 Å². The molecule has 0 saturated carbocycles. The summed E-state index contributed by atoms with van der Waals surface area (Å²) in [5.74, 6) is 0.292. The molecule has 2 nitrogen and oxygen atoms in total. The minimum absolute atomic E-state index is 0.292. The van der Waals surface area contributed by atoms with E-state index in [0.29, 0.717) is 18.7 Å². The fourth-order valence-electron chi connectivity index (χ4n) is 1.84. The lowest BCUT2D eigenvalue weighted by atomic mass is 10.2. The summed E-state index contributed by atoms with van der Waals surface area (Å²) in [5.41, 5.74) is 1.11. The minimum Gasteiger partial charge on any atom is -0.340 e. The van der Waals surface area contributed by atoms with Crippen LogP contribution in [0.15, 0.2) is 34.9 Å². The molecule has 84 valence electrons. The molecular weight excluding hydrogens is 266 g/mol. The van der Waals surface area contributed by atoms with E-state index in [1.807, 2.05) is 29.8 Å². The lowest BCUT2D eigenvalue weighted by Gasteiger charge is -2.04. The highest BCUT2D eigenvalue weighted by atomic mass is 79.9. The lowest BCUT2D eigenvalue weighted by Crippen LogP contribution is -2.08. The van der Waals surface area contributed by atoms with Crippen molar-refractivity contribution in [2.24, 2.45) is 0 Å². The molecule has 1 heterocycles. The second-order valence-corrected chi connectivity index (χ2v) is 4.85. The third-order valence-corrected chi connectivity index (χ3v) is 3.10. The maximum absolute atomic E-state index is 11.6. The van der Waals surface area contributed by atoms with Gasteiger partial charge in [-0.05, 0) is 30.0 Å². The molecule has 0 unspecified atom stereocenters. The summed E-state index contributed by atoms with van der Waals surface area (Å²) in [7, 11) is 0. The second kappa shape index (κ2) is 4.83. The summed E-state index contributed by atoms with van der Waals surface area (Å²) < 4.78 is 3.06. The number of ketones is 1. The van der Waals surface area contributed by atoms with Crippen molar-refractivity contribution in [1.82, 2.24) is 4.57 Å². The molecule has 0 radical (unpaired) electrons. The van der Waals surface area contributed by atoms with Gasteiger partial charge in [-0.3, -0.25) is 4.79 Å². The zero-order valence-corrected chi connectivity index (χ0v) is 10.8. The van der Waals surface area contributed by atoms with Crippen LogP contribution in [0.4, 0.5) is 0 Å². The Morgan fingerprint density at radius 3 is 2.94 bits per heavy atom. The molecular formula is C13H14BrNO.